The van der Waals surface area contributed by atoms with Crippen molar-refractivity contribution in [3.05, 3.63) is 29.8 Å². The molecule has 2 N–H and O–H groups in total. The predicted octanol–water partition coefficient (Wildman–Crippen LogP) is 3.33. The fourth-order valence-corrected chi connectivity index (χ4v) is 4.53. The molecule has 1 saturated heterocycles. The van der Waals surface area contributed by atoms with E-state index in [1.54, 1.807) is 12.1 Å². The van der Waals surface area contributed by atoms with Gasteiger partial charge in [-0.15, -0.1) is 24.0 Å². The summed E-state index contributed by atoms with van der Waals surface area (Å²) in [5.74, 6) is 0.911. The molecule has 0 bridgehead atoms. The van der Waals surface area contributed by atoms with Gasteiger partial charge in [0.05, 0.1) is 11.4 Å². The summed E-state index contributed by atoms with van der Waals surface area (Å²) in [6, 6.07) is 7.14. The van der Waals surface area contributed by atoms with E-state index in [2.05, 4.69) is 49.6 Å². The number of halogens is 1. The smallest absolute Gasteiger partial charge is 0.240 e. The molecule has 2 fully saturated rings. The summed E-state index contributed by atoms with van der Waals surface area (Å²) in [6.07, 6.45) is 1.87. The number of likely N-dealkylation sites (tertiary alicyclic amines) is 1. The van der Waals surface area contributed by atoms with Crippen LogP contribution in [0.2, 0.25) is 0 Å². The largest absolute Gasteiger partial charge is 0.356 e. The maximum absolute atomic E-state index is 12.3. The van der Waals surface area contributed by atoms with E-state index in [-0.39, 0.29) is 41.0 Å². The van der Waals surface area contributed by atoms with E-state index in [4.69, 9.17) is 4.99 Å². The third-order valence-electron chi connectivity index (χ3n) is 6.02. The van der Waals surface area contributed by atoms with Crippen molar-refractivity contribution in [2.75, 3.05) is 13.1 Å². The van der Waals surface area contributed by atoms with Crippen LogP contribution >= 0.6 is 24.0 Å². The lowest BCUT2D eigenvalue weighted by Crippen LogP contribution is -2.72. The summed E-state index contributed by atoms with van der Waals surface area (Å²) in [6.45, 7) is 13.4. The van der Waals surface area contributed by atoms with Crippen molar-refractivity contribution in [3.8, 4) is 0 Å². The zero-order valence-electron chi connectivity index (χ0n) is 17.4. The van der Waals surface area contributed by atoms with Gasteiger partial charge in [-0.25, -0.2) is 18.1 Å². The Balaban J connectivity index is 0.00000280. The second kappa shape index (κ2) is 8.47. The Morgan fingerprint density at radius 2 is 1.79 bits per heavy atom. The van der Waals surface area contributed by atoms with Gasteiger partial charge in [-0.05, 0) is 51.3 Å². The molecule has 2 aliphatic rings. The van der Waals surface area contributed by atoms with Gasteiger partial charge in [0.2, 0.25) is 10.0 Å². The highest BCUT2D eigenvalue weighted by atomic mass is 127. The molecular weight excluding hydrogens is 487 g/mol. The summed E-state index contributed by atoms with van der Waals surface area (Å²) < 4.78 is 27.2. The van der Waals surface area contributed by atoms with E-state index < -0.39 is 10.0 Å². The van der Waals surface area contributed by atoms with E-state index in [0.717, 1.165) is 37.5 Å². The highest BCUT2D eigenvalue weighted by molar-refractivity contribution is 14.0. The fraction of sp³-hybridized carbons (Fsp3) is 0.650. The van der Waals surface area contributed by atoms with Crippen LogP contribution in [0.3, 0.4) is 0 Å². The zero-order chi connectivity index (χ0) is 19.9. The van der Waals surface area contributed by atoms with Gasteiger partial charge in [-0.2, -0.15) is 0 Å². The van der Waals surface area contributed by atoms with Crippen molar-refractivity contribution in [2.24, 2.45) is 10.4 Å². The molecule has 28 heavy (non-hydrogen) atoms. The summed E-state index contributed by atoms with van der Waals surface area (Å²) in [5.41, 5.74) is 1.28. The highest BCUT2D eigenvalue weighted by Crippen LogP contribution is 2.46. The third kappa shape index (κ3) is 4.81. The van der Waals surface area contributed by atoms with Gasteiger partial charge in [0.15, 0.2) is 5.96 Å². The SMILES string of the molecule is CCNC(=NCc1ccc(S(=O)(=O)NC2CC2)cc1)N1CC(C)(C)C1(C)C.I. The number of nitrogens with zero attached hydrogens (tertiary/aromatic N) is 2. The van der Waals surface area contributed by atoms with E-state index >= 15 is 0 Å². The molecule has 1 aliphatic carbocycles. The van der Waals surface area contributed by atoms with Crippen LogP contribution in [0.1, 0.15) is 53.0 Å². The summed E-state index contributed by atoms with van der Waals surface area (Å²) >= 11 is 0. The number of sulfonamides is 1. The fourth-order valence-electron chi connectivity index (χ4n) is 3.22. The van der Waals surface area contributed by atoms with E-state index in [9.17, 15) is 8.42 Å². The normalized spacial score (nSPS) is 20.9. The third-order valence-corrected chi connectivity index (χ3v) is 7.56. The maximum Gasteiger partial charge on any atom is 0.240 e. The van der Waals surface area contributed by atoms with Crippen LogP contribution in [0.5, 0.6) is 0 Å². The Labute approximate surface area is 186 Å². The first kappa shape index (κ1) is 23.4. The molecule has 158 valence electrons. The molecule has 1 saturated carbocycles. The van der Waals surface area contributed by atoms with Crippen molar-refractivity contribution in [2.45, 2.75) is 70.5 Å². The van der Waals surface area contributed by atoms with Gasteiger partial charge in [0, 0.05) is 30.1 Å². The number of guanidine groups is 1. The number of nitrogens with one attached hydrogen (secondary N) is 2. The van der Waals surface area contributed by atoms with Gasteiger partial charge < -0.3 is 10.2 Å². The predicted molar refractivity (Wildman–Crippen MR) is 125 cm³/mol. The molecule has 3 rings (SSSR count). The van der Waals surface area contributed by atoms with Crippen LogP contribution in [0.15, 0.2) is 34.2 Å². The first-order valence-electron chi connectivity index (χ1n) is 9.74. The molecule has 8 heteroatoms. The average molecular weight is 520 g/mol. The molecule has 0 unspecified atom stereocenters. The van der Waals surface area contributed by atoms with Gasteiger partial charge in [-0.1, -0.05) is 26.0 Å². The molecule has 0 spiro atoms. The zero-order valence-corrected chi connectivity index (χ0v) is 20.6. The van der Waals surface area contributed by atoms with Crippen LogP contribution in [-0.2, 0) is 16.6 Å². The van der Waals surface area contributed by atoms with Crippen LogP contribution in [0.4, 0.5) is 0 Å². The van der Waals surface area contributed by atoms with E-state index in [0.29, 0.717) is 11.4 Å². The minimum absolute atomic E-state index is 0. The molecule has 0 radical (unpaired) electrons. The maximum atomic E-state index is 12.3. The lowest BCUT2D eigenvalue weighted by Gasteiger charge is -2.62. The van der Waals surface area contributed by atoms with Gasteiger partial charge in [0.25, 0.3) is 0 Å². The van der Waals surface area contributed by atoms with Crippen LogP contribution in [0.25, 0.3) is 0 Å². The average Bonchev–Trinajstić information content (AvgIpc) is 3.40. The van der Waals surface area contributed by atoms with Crippen LogP contribution in [-0.4, -0.2) is 43.9 Å². The Kier molecular flexibility index (Phi) is 7.08. The lowest BCUT2D eigenvalue weighted by molar-refractivity contribution is -0.0667. The molecular formula is C20H33IN4O2S. The summed E-state index contributed by atoms with van der Waals surface area (Å²) in [4.78, 5) is 7.42. The first-order valence-corrected chi connectivity index (χ1v) is 11.2. The van der Waals surface area contributed by atoms with Gasteiger partial charge in [0.1, 0.15) is 0 Å². The Morgan fingerprint density at radius 3 is 2.25 bits per heavy atom. The number of benzene rings is 1. The second-order valence-electron chi connectivity index (χ2n) is 8.74. The van der Waals surface area contributed by atoms with Crippen molar-refractivity contribution in [1.29, 1.82) is 0 Å². The van der Waals surface area contributed by atoms with Crippen molar-refractivity contribution in [1.82, 2.24) is 14.9 Å². The number of aliphatic imine (C=N–C) groups is 1. The quantitative estimate of drug-likeness (QED) is 0.343. The van der Waals surface area contributed by atoms with Crippen LogP contribution < -0.4 is 10.0 Å². The van der Waals surface area contributed by atoms with Crippen molar-refractivity contribution in [3.63, 3.8) is 0 Å². The lowest BCUT2D eigenvalue weighted by atomic mass is 9.65. The molecule has 1 heterocycles. The van der Waals surface area contributed by atoms with Gasteiger partial charge >= 0.3 is 0 Å². The standard InChI is InChI=1S/C20H32N4O2S.HI/c1-6-21-18(24-14-19(2,3)20(24,4)5)22-13-15-7-11-17(12-8-15)27(25,26)23-16-9-10-16;/h7-8,11-12,16,23H,6,9-10,13-14H2,1-5H3,(H,21,22);1H. The molecule has 1 aliphatic heterocycles. The molecule has 1 aromatic carbocycles. The highest BCUT2D eigenvalue weighted by Gasteiger charge is 2.53. The molecule has 6 nitrogen and oxygen atoms in total. The Hall–Kier alpha value is -0.870. The monoisotopic (exact) mass is 520 g/mol. The van der Waals surface area contributed by atoms with E-state index in [1.807, 2.05) is 12.1 Å². The molecule has 1 aromatic rings. The molecule has 0 aromatic heterocycles. The second-order valence-corrected chi connectivity index (χ2v) is 10.5. The Bertz CT molecular complexity index is 815. The first-order chi connectivity index (χ1) is 12.6. The van der Waals surface area contributed by atoms with Crippen molar-refractivity contribution >= 4 is 40.0 Å². The van der Waals surface area contributed by atoms with Crippen molar-refractivity contribution < 1.29 is 8.42 Å². The summed E-state index contributed by atoms with van der Waals surface area (Å²) in [5, 5.41) is 3.38. The minimum atomic E-state index is -3.40. The summed E-state index contributed by atoms with van der Waals surface area (Å²) in [7, 11) is -3.40. The number of hydrogen-bond donors (Lipinski definition) is 2. The molecule has 0 amide bonds. The number of rotatable bonds is 6. The van der Waals surface area contributed by atoms with E-state index in [1.165, 1.54) is 0 Å². The number of hydrogen-bond acceptors (Lipinski definition) is 3. The Morgan fingerprint density at radius 1 is 1.18 bits per heavy atom. The topological polar surface area (TPSA) is 73.8 Å². The minimum Gasteiger partial charge on any atom is -0.356 e. The van der Waals surface area contributed by atoms with Gasteiger partial charge in [-0.3, -0.25) is 0 Å². The van der Waals surface area contributed by atoms with Crippen LogP contribution in [0, 0.1) is 5.41 Å². The molecule has 0 atom stereocenters.